The van der Waals surface area contributed by atoms with Crippen molar-refractivity contribution in [3.8, 4) is 5.75 Å². The van der Waals surface area contributed by atoms with Gasteiger partial charge >= 0.3 is 0 Å². The van der Waals surface area contributed by atoms with E-state index in [1.807, 2.05) is 54.6 Å². The molecule has 140 valence electrons. The predicted octanol–water partition coefficient (Wildman–Crippen LogP) is 5.24. The van der Waals surface area contributed by atoms with Crippen LogP contribution in [0.25, 0.3) is 10.8 Å². The van der Waals surface area contributed by atoms with Crippen LogP contribution in [-0.2, 0) is 5.75 Å². The molecule has 0 saturated heterocycles. The number of methoxy groups -OCH3 is 1. The summed E-state index contributed by atoms with van der Waals surface area (Å²) in [6.45, 7) is 0. The number of carbonyl (C=O) groups is 1. The van der Waals surface area contributed by atoms with Crippen LogP contribution in [0.5, 0.6) is 5.75 Å². The third kappa shape index (κ3) is 4.16. The average Bonchev–Trinajstić information content (AvgIpc) is 3.19. The number of amides is 1. The SMILES string of the molecule is COc1cc2ccccc2cc1C(=O)Nc1nnc(SCc2ccccc2)s1. The molecule has 0 aliphatic rings. The van der Waals surface area contributed by atoms with Gasteiger partial charge in [-0.3, -0.25) is 10.1 Å². The van der Waals surface area contributed by atoms with Crippen LogP contribution in [0.3, 0.4) is 0 Å². The zero-order valence-electron chi connectivity index (χ0n) is 15.1. The molecule has 4 rings (SSSR count). The first kappa shape index (κ1) is 18.5. The van der Waals surface area contributed by atoms with Gasteiger partial charge in [-0.05, 0) is 28.5 Å². The molecule has 0 bridgehead atoms. The van der Waals surface area contributed by atoms with E-state index in [-0.39, 0.29) is 5.91 Å². The highest BCUT2D eigenvalue weighted by atomic mass is 32.2. The third-order valence-corrected chi connectivity index (χ3v) is 6.19. The molecular formula is C21H17N3O2S2. The minimum atomic E-state index is -0.265. The quantitative estimate of drug-likeness (QED) is 0.350. The number of hydrogen-bond acceptors (Lipinski definition) is 6. The van der Waals surface area contributed by atoms with Gasteiger partial charge in [-0.1, -0.05) is 77.7 Å². The van der Waals surface area contributed by atoms with Crippen molar-refractivity contribution in [3.63, 3.8) is 0 Å². The topological polar surface area (TPSA) is 64.1 Å². The number of thioether (sulfide) groups is 1. The summed E-state index contributed by atoms with van der Waals surface area (Å²) in [5.41, 5.74) is 1.68. The number of hydrogen-bond donors (Lipinski definition) is 1. The first-order valence-corrected chi connectivity index (χ1v) is 10.4. The minimum absolute atomic E-state index is 0.265. The van der Waals surface area contributed by atoms with Gasteiger partial charge < -0.3 is 4.74 Å². The maximum absolute atomic E-state index is 12.8. The van der Waals surface area contributed by atoms with Gasteiger partial charge in [0.2, 0.25) is 5.13 Å². The van der Waals surface area contributed by atoms with Gasteiger partial charge in [0.1, 0.15) is 5.75 Å². The fraction of sp³-hybridized carbons (Fsp3) is 0.0952. The summed E-state index contributed by atoms with van der Waals surface area (Å²) >= 11 is 2.96. The summed E-state index contributed by atoms with van der Waals surface area (Å²) in [4.78, 5) is 12.8. The number of aromatic nitrogens is 2. The van der Waals surface area contributed by atoms with Crippen molar-refractivity contribution >= 4 is 44.9 Å². The minimum Gasteiger partial charge on any atom is -0.496 e. The molecule has 0 spiro atoms. The van der Waals surface area contributed by atoms with E-state index in [0.717, 1.165) is 20.9 Å². The second-order valence-electron chi connectivity index (χ2n) is 6.00. The molecule has 0 aliphatic carbocycles. The van der Waals surface area contributed by atoms with Crippen molar-refractivity contribution < 1.29 is 9.53 Å². The molecule has 0 saturated carbocycles. The molecule has 5 nitrogen and oxygen atoms in total. The fourth-order valence-corrected chi connectivity index (χ4v) is 4.47. The highest BCUT2D eigenvalue weighted by Gasteiger charge is 2.16. The summed E-state index contributed by atoms with van der Waals surface area (Å²) in [6, 6.07) is 21.7. The van der Waals surface area contributed by atoms with Crippen molar-refractivity contribution in [2.45, 2.75) is 10.1 Å². The number of benzene rings is 3. The van der Waals surface area contributed by atoms with E-state index in [1.54, 1.807) is 18.9 Å². The van der Waals surface area contributed by atoms with Crippen molar-refractivity contribution in [1.82, 2.24) is 10.2 Å². The van der Waals surface area contributed by atoms with Crippen LogP contribution >= 0.6 is 23.1 Å². The molecule has 28 heavy (non-hydrogen) atoms. The summed E-state index contributed by atoms with van der Waals surface area (Å²) < 4.78 is 6.22. The van der Waals surface area contributed by atoms with Crippen molar-refractivity contribution in [1.29, 1.82) is 0 Å². The Hall–Kier alpha value is -2.90. The maximum Gasteiger partial charge on any atom is 0.261 e. The molecule has 0 fully saturated rings. The monoisotopic (exact) mass is 407 g/mol. The summed E-state index contributed by atoms with van der Waals surface area (Å²) in [5.74, 6) is 1.07. The van der Waals surface area contributed by atoms with Gasteiger partial charge in [0.05, 0.1) is 12.7 Å². The van der Waals surface area contributed by atoms with Gasteiger partial charge in [-0.25, -0.2) is 0 Å². The molecule has 0 radical (unpaired) electrons. The van der Waals surface area contributed by atoms with Crippen LogP contribution in [0.15, 0.2) is 71.1 Å². The lowest BCUT2D eigenvalue weighted by molar-refractivity contribution is 0.102. The van der Waals surface area contributed by atoms with Crippen LogP contribution in [0, 0.1) is 0 Å². The average molecular weight is 408 g/mol. The Labute approximate surface area is 170 Å². The van der Waals surface area contributed by atoms with E-state index in [2.05, 4.69) is 27.6 Å². The normalized spacial score (nSPS) is 10.8. The number of carbonyl (C=O) groups excluding carboxylic acids is 1. The van der Waals surface area contributed by atoms with Gasteiger partial charge in [0.25, 0.3) is 5.91 Å². The van der Waals surface area contributed by atoms with Crippen molar-refractivity contribution in [2.75, 3.05) is 12.4 Å². The predicted molar refractivity (Wildman–Crippen MR) is 114 cm³/mol. The second kappa shape index (κ2) is 8.41. The Morgan fingerprint density at radius 2 is 1.75 bits per heavy atom. The summed E-state index contributed by atoms with van der Waals surface area (Å²) in [7, 11) is 1.56. The molecule has 4 aromatic rings. The van der Waals surface area contributed by atoms with E-state index >= 15 is 0 Å². The molecule has 1 N–H and O–H groups in total. The van der Waals surface area contributed by atoms with Crippen LogP contribution in [-0.4, -0.2) is 23.2 Å². The van der Waals surface area contributed by atoms with Crippen LogP contribution < -0.4 is 10.1 Å². The molecule has 1 amide bonds. The molecule has 1 heterocycles. The van der Waals surface area contributed by atoms with Gasteiger partial charge in [-0.2, -0.15) is 0 Å². The number of fused-ring (bicyclic) bond motifs is 1. The molecule has 0 aliphatic heterocycles. The van der Waals surface area contributed by atoms with E-state index < -0.39 is 0 Å². The van der Waals surface area contributed by atoms with Crippen LogP contribution in [0.2, 0.25) is 0 Å². The smallest absolute Gasteiger partial charge is 0.261 e. The Bertz CT molecular complexity index is 1110. The number of nitrogens with one attached hydrogen (secondary N) is 1. The number of nitrogens with zero attached hydrogens (tertiary/aromatic N) is 2. The highest BCUT2D eigenvalue weighted by molar-refractivity contribution is 8.00. The van der Waals surface area contributed by atoms with E-state index in [4.69, 9.17) is 4.74 Å². The lowest BCUT2D eigenvalue weighted by Crippen LogP contribution is -2.13. The van der Waals surface area contributed by atoms with Gasteiger partial charge in [0.15, 0.2) is 4.34 Å². The molecule has 0 unspecified atom stereocenters. The maximum atomic E-state index is 12.8. The molecule has 3 aromatic carbocycles. The zero-order chi connectivity index (χ0) is 19.3. The highest BCUT2D eigenvalue weighted by Crippen LogP contribution is 2.30. The number of ether oxygens (including phenoxy) is 1. The largest absolute Gasteiger partial charge is 0.496 e. The van der Waals surface area contributed by atoms with Gasteiger partial charge in [0, 0.05) is 5.75 Å². The molecule has 7 heteroatoms. The Morgan fingerprint density at radius 3 is 2.50 bits per heavy atom. The number of anilines is 1. The first-order valence-electron chi connectivity index (χ1n) is 8.61. The molecule has 1 aromatic heterocycles. The van der Waals surface area contributed by atoms with Crippen LogP contribution in [0.1, 0.15) is 15.9 Å². The van der Waals surface area contributed by atoms with Crippen molar-refractivity contribution in [2.24, 2.45) is 0 Å². The molecule has 0 atom stereocenters. The Balaban J connectivity index is 1.48. The Morgan fingerprint density at radius 1 is 1.04 bits per heavy atom. The summed E-state index contributed by atoms with van der Waals surface area (Å²) in [5, 5.41) is 13.5. The standard InChI is InChI=1S/C21H17N3O2S2/c1-26-18-12-16-10-6-5-9-15(16)11-17(18)19(25)22-20-23-24-21(28-20)27-13-14-7-3-2-4-8-14/h2-12H,13H2,1H3,(H,22,23,25). The third-order valence-electron chi connectivity index (χ3n) is 4.14. The second-order valence-corrected chi connectivity index (χ2v) is 8.20. The van der Waals surface area contributed by atoms with Crippen molar-refractivity contribution in [3.05, 3.63) is 77.9 Å². The summed E-state index contributed by atoms with van der Waals surface area (Å²) in [6.07, 6.45) is 0. The fourth-order valence-electron chi connectivity index (χ4n) is 2.77. The van der Waals surface area contributed by atoms with Gasteiger partial charge in [-0.15, -0.1) is 10.2 Å². The number of rotatable bonds is 6. The molecular weight excluding hydrogens is 390 g/mol. The van der Waals surface area contributed by atoms with E-state index in [0.29, 0.717) is 16.4 Å². The first-order chi connectivity index (χ1) is 13.7. The lowest BCUT2D eigenvalue weighted by atomic mass is 10.1. The lowest BCUT2D eigenvalue weighted by Gasteiger charge is -2.09. The van der Waals surface area contributed by atoms with E-state index in [9.17, 15) is 4.79 Å². The van der Waals surface area contributed by atoms with E-state index in [1.165, 1.54) is 16.9 Å². The van der Waals surface area contributed by atoms with Crippen LogP contribution in [0.4, 0.5) is 5.13 Å². The Kier molecular flexibility index (Phi) is 5.55. The zero-order valence-corrected chi connectivity index (χ0v) is 16.7.